The van der Waals surface area contributed by atoms with Crippen LogP contribution in [0.5, 0.6) is 0 Å². The second-order valence-electron chi connectivity index (χ2n) is 3.32. The van der Waals surface area contributed by atoms with E-state index in [1.165, 1.54) is 16.8 Å². The third-order valence-corrected chi connectivity index (χ3v) is 2.37. The molecule has 1 rings (SSSR count). The highest BCUT2D eigenvalue weighted by molar-refractivity contribution is 14.1. The molecular weight excluding hydrogens is 333 g/mol. The number of nitrogens with zero attached hydrogens (tertiary/aromatic N) is 3. The fourth-order valence-electron chi connectivity index (χ4n) is 1.16. The number of allylic oxidation sites excluding steroid dienone is 3. The Labute approximate surface area is 112 Å². The Bertz CT molecular complexity index is 604. The molecule has 6 heteroatoms. The van der Waals surface area contributed by atoms with Crippen LogP contribution in [-0.2, 0) is 7.05 Å². The van der Waals surface area contributed by atoms with E-state index in [9.17, 15) is 9.59 Å². The van der Waals surface area contributed by atoms with E-state index in [1.54, 1.807) is 19.2 Å². The van der Waals surface area contributed by atoms with Crippen molar-refractivity contribution in [2.75, 3.05) is 0 Å². The molecule has 0 fully saturated rings. The topological polar surface area (TPSA) is 56.4 Å². The fraction of sp³-hybridized carbons (Fsp3) is 0.182. The molecule has 0 bridgehead atoms. The smallest absolute Gasteiger partial charge is 0.303 e. The molecule has 0 aliphatic heterocycles. The Kier molecular flexibility index (Phi) is 4.62. The van der Waals surface area contributed by atoms with Gasteiger partial charge in [-0.1, -0.05) is 0 Å². The Morgan fingerprint density at radius 1 is 1.47 bits per heavy atom. The summed E-state index contributed by atoms with van der Waals surface area (Å²) in [6.07, 6.45) is 4.75. The maximum Gasteiger partial charge on any atom is 0.336 e. The molecule has 5 nitrogen and oxygen atoms in total. The van der Waals surface area contributed by atoms with E-state index in [-0.39, 0.29) is 5.82 Å². The number of hydrogen-bond donors (Lipinski definition) is 0. The van der Waals surface area contributed by atoms with Crippen molar-refractivity contribution in [1.29, 1.82) is 0 Å². The average Bonchev–Trinajstić information content (AvgIpc) is 2.28. The van der Waals surface area contributed by atoms with Crippen LogP contribution in [0.4, 0.5) is 0 Å². The lowest BCUT2D eigenvalue weighted by molar-refractivity contribution is 0.742. The lowest BCUT2D eigenvalue weighted by atomic mass is 10.4. The number of halogens is 1. The average molecular weight is 345 g/mol. The second kappa shape index (κ2) is 5.76. The zero-order valence-electron chi connectivity index (χ0n) is 9.55. The molecule has 1 aromatic rings. The summed E-state index contributed by atoms with van der Waals surface area (Å²) in [5, 5.41) is 0. The van der Waals surface area contributed by atoms with E-state index < -0.39 is 11.2 Å². The van der Waals surface area contributed by atoms with Gasteiger partial charge in [0, 0.05) is 19.3 Å². The Morgan fingerprint density at radius 3 is 2.65 bits per heavy atom. The van der Waals surface area contributed by atoms with Gasteiger partial charge in [0.2, 0.25) is 0 Å². The van der Waals surface area contributed by atoms with Gasteiger partial charge in [-0.25, -0.2) is 14.4 Å². The minimum Gasteiger partial charge on any atom is -0.303 e. The predicted octanol–water partition coefficient (Wildman–Crippen LogP) is 1.38. The zero-order chi connectivity index (χ0) is 13.0. The summed E-state index contributed by atoms with van der Waals surface area (Å²) in [7, 11) is 1.57. The highest BCUT2D eigenvalue weighted by atomic mass is 127. The van der Waals surface area contributed by atoms with Crippen LogP contribution in [0.3, 0.4) is 0 Å². The van der Waals surface area contributed by atoms with Gasteiger partial charge in [-0.3, -0.25) is 4.79 Å². The van der Waals surface area contributed by atoms with Crippen LogP contribution in [0.1, 0.15) is 6.92 Å². The third kappa shape index (κ3) is 3.26. The molecule has 1 aromatic heterocycles. The molecular formula is C11H12IN3O2. The second-order valence-corrected chi connectivity index (χ2v) is 5.02. The first-order chi connectivity index (χ1) is 7.97. The van der Waals surface area contributed by atoms with Crippen LogP contribution in [0.25, 0.3) is 5.82 Å². The van der Waals surface area contributed by atoms with Crippen LogP contribution in [-0.4, -0.2) is 15.9 Å². The molecule has 17 heavy (non-hydrogen) atoms. The van der Waals surface area contributed by atoms with Crippen molar-refractivity contribution >= 4 is 35.1 Å². The quantitative estimate of drug-likeness (QED) is 0.472. The number of hydrogen-bond acceptors (Lipinski definition) is 3. The third-order valence-electron chi connectivity index (χ3n) is 2.01. The predicted molar refractivity (Wildman–Crippen MR) is 77.5 cm³/mol. The Morgan fingerprint density at radius 2 is 2.12 bits per heavy atom. The number of aliphatic imine (C=N–C) groups is 1. The molecule has 0 saturated heterocycles. The minimum absolute atomic E-state index is 0.215. The lowest BCUT2D eigenvalue weighted by Crippen LogP contribution is -2.36. The van der Waals surface area contributed by atoms with Gasteiger partial charge in [-0.15, -0.1) is 0 Å². The lowest BCUT2D eigenvalue weighted by Gasteiger charge is -2.05. The van der Waals surface area contributed by atoms with Crippen molar-refractivity contribution in [1.82, 2.24) is 9.13 Å². The molecule has 0 amide bonds. The van der Waals surface area contributed by atoms with Crippen molar-refractivity contribution in [3.63, 3.8) is 0 Å². The minimum atomic E-state index is -0.448. The van der Waals surface area contributed by atoms with Crippen molar-refractivity contribution in [2.45, 2.75) is 6.92 Å². The maximum absolute atomic E-state index is 11.8. The van der Waals surface area contributed by atoms with Gasteiger partial charge >= 0.3 is 5.69 Å². The highest BCUT2D eigenvalue weighted by Gasteiger charge is 2.05. The van der Waals surface area contributed by atoms with Gasteiger partial charge in [0.15, 0.2) is 0 Å². The number of aromatic nitrogens is 2. The van der Waals surface area contributed by atoms with Crippen LogP contribution in [0, 0.1) is 0 Å². The van der Waals surface area contributed by atoms with Gasteiger partial charge < -0.3 is 4.57 Å². The number of rotatable bonds is 3. The van der Waals surface area contributed by atoms with E-state index in [4.69, 9.17) is 0 Å². The number of aryl methyl sites for hydroxylation is 1. The molecule has 0 aliphatic carbocycles. The van der Waals surface area contributed by atoms with E-state index in [1.807, 2.05) is 6.92 Å². The first-order valence-electron chi connectivity index (χ1n) is 4.77. The summed E-state index contributed by atoms with van der Waals surface area (Å²) in [6.45, 7) is 5.26. The van der Waals surface area contributed by atoms with Crippen LogP contribution in [0.15, 0.2) is 42.6 Å². The molecule has 0 atom stereocenters. The summed E-state index contributed by atoms with van der Waals surface area (Å²) in [4.78, 5) is 27.2. The van der Waals surface area contributed by atoms with Gasteiger partial charge in [-0.2, -0.15) is 0 Å². The van der Waals surface area contributed by atoms with Crippen molar-refractivity contribution in [3.8, 4) is 0 Å². The molecule has 1 heterocycles. The molecule has 0 aromatic carbocycles. The summed E-state index contributed by atoms with van der Waals surface area (Å²) >= 11 is 2.12. The first-order valence-corrected chi connectivity index (χ1v) is 5.85. The first kappa shape index (κ1) is 13.6. The zero-order valence-corrected chi connectivity index (χ0v) is 11.7. The Hall–Kier alpha value is -1.44. The Balaban J connectivity index is 3.52. The molecule has 0 spiro atoms. The van der Waals surface area contributed by atoms with Gasteiger partial charge in [0.05, 0.1) is 0 Å². The summed E-state index contributed by atoms with van der Waals surface area (Å²) in [5.41, 5.74) is -0.873. The van der Waals surface area contributed by atoms with E-state index >= 15 is 0 Å². The summed E-state index contributed by atoms with van der Waals surface area (Å²) in [6, 6.07) is 1.31. The monoisotopic (exact) mass is 345 g/mol. The molecule has 0 aliphatic rings. The molecule has 90 valence electrons. The maximum atomic E-state index is 11.8. The van der Waals surface area contributed by atoms with Gasteiger partial charge in [0.1, 0.15) is 5.82 Å². The SMILES string of the molecule is C=N/C(=C\C=C(/C)I)n1c(=O)ccn(C)c1=O. The molecule has 0 radical (unpaired) electrons. The summed E-state index contributed by atoms with van der Waals surface area (Å²) < 4.78 is 3.29. The van der Waals surface area contributed by atoms with Gasteiger partial charge in [-0.05, 0) is 52.0 Å². The standard InChI is InChI=1S/C11H12IN3O2/c1-8(12)4-5-9(13-2)15-10(16)6-7-14(3)11(15)17/h4-7H,2H2,1,3H3/b8-4+,9-5+. The van der Waals surface area contributed by atoms with Crippen molar-refractivity contribution < 1.29 is 0 Å². The van der Waals surface area contributed by atoms with Crippen LogP contribution in [0.2, 0.25) is 0 Å². The molecule has 0 N–H and O–H groups in total. The largest absolute Gasteiger partial charge is 0.336 e. The fourth-order valence-corrected chi connectivity index (χ4v) is 1.34. The van der Waals surface area contributed by atoms with Crippen molar-refractivity contribution in [3.05, 3.63) is 48.8 Å². The van der Waals surface area contributed by atoms with Gasteiger partial charge in [0.25, 0.3) is 5.56 Å². The van der Waals surface area contributed by atoms with Crippen molar-refractivity contribution in [2.24, 2.45) is 12.0 Å². The molecule has 0 unspecified atom stereocenters. The van der Waals surface area contributed by atoms with Crippen LogP contribution < -0.4 is 11.2 Å². The van der Waals surface area contributed by atoms with E-state index in [2.05, 4.69) is 34.3 Å². The summed E-state index contributed by atoms with van der Waals surface area (Å²) in [5.74, 6) is 0.215. The normalized spacial score (nSPS) is 12.6. The highest BCUT2D eigenvalue weighted by Crippen LogP contribution is 2.06. The van der Waals surface area contributed by atoms with E-state index in [0.717, 1.165) is 8.15 Å². The van der Waals surface area contributed by atoms with E-state index in [0.29, 0.717) is 0 Å². The van der Waals surface area contributed by atoms with Crippen LogP contribution >= 0.6 is 22.6 Å². The molecule has 0 saturated carbocycles.